The molecule has 0 aliphatic carbocycles. The zero-order valence-electron chi connectivity index (χ0n) is 23.9. The van der Waals surface area contributed by atoms with E-state index in [1.165, 1.54) is 94.9 Å². The molecule has 0 saturated carbocycles. The van der Waals surface area contributed by atoms with Crippen molar-refractivity contribution in [2.45, 2.75) is 103 Å². The van der Waals surface area contributed by atoms with Gasteiger partial charge in [-0.05, 0) is 24.1 Å². The number of nitro groups is 1. The number of aliphatic hydroxyl groups is 1. The average Bonchev–Trinajstić information content (AvgIpc) is 3.22. The summed E-state index contributed by atoms with van der Waals surface area (Å²) in [6.45, 7) is 2.68. The molecular weight excluding hydrogens is 504 g/mol. The Bertz CT molecular complexity index is 1130. The Morgan fingerprint density at radius 3 is 1.77 bits per heavy atom. The molecule has 0 spiro atoms. The number of unbranched alkanes of at least 4 members (excludes halogenated alkanes) is 13. The number of hydrogen-bond donors (Lipinski definition) is 1. The Morgan fingerprint density at radius 1 is 0.775 bits per heavy atom. The Morgan fingerprint density at radius 2 is 1.27 bits per heavy atom. The van der Waals surface area contributed by atoms with Gasteiger partial charge in [-0.2, -0.15) is 0 Å². The molecule has 7 nitrogen and oxygen atoms in total. The third-order valence-electron chi connectivity index (χ3n) is 7.76. The van der Waals surface area contributed by atoms with E-state index < -0.39 is 22.7 Å². The summed E-state index contributed by atoms with van der Waals surface area (Å²) >= 11 is 0. The summed E-state index contributed by atoms with van der Waals surface area (Å²) in [4.78, 5) is 38.3. The van der Waals surface area contributed by atoms with Gasteiger partial charge in [-0.3, -0.25) is 19.7 Å². The molecule has 216 valence electrons. The summed E-state index contributed by atoms with van der Waals surface area (Å²) in [5, 5.41) is 22.1. The van der Waals surface area contributed by atoms with E-state index in [0.717, 1.165) is 24.8 Å². The predicted molar refractivity (Wildman–Crippen MR) is 159 cm³/mol. The maximum absolute atomic E-state index is 13.1. The minimum atomic E-state index is -0.727. The third kappa shape index (κ3) is 8.77. The number of carbonyl (C=O) groups is 2. The molecule has 2 aromatic rings. The number of aliphatic hydroxyl groups excluding tert-OH is 1. The normalized spacial score (nSPS) is 16.5. The van der Waals surface area contributed by atoms with E-state index in [1.807, 2.05) is 30.3 Å². The number of Topliss-reactive ketones (excluding diaryl/α,β-unsaturated/α-hetero) is 1. The molecule has 0 unspecified atom stereocenters. The van der Waals surface area contributed by atoms with Crippen molar-refractivity contribution in [2.75, 3.05) is 6.54 Å². The molecule has 1 aliphatic rings. The third-order valence-corrected chi connectivity index (χ3v) is 7.76. The fourth-order valence-corrected chi connectivity index (χ4v) is 5.47. The topological polar surface area (TPSA) is 101 Å². The number of rotatable bonds is 18. The molecule has 1 amide bonds. The first-order chi connectivity index (χ1) is 19.5. The number of benzene rings is 2. The first kappa shape index (κ1) is 31.1. The number of nitrogens with zero attached hydrogens (tertiary/aromatic N) is 2. The average molecular weight is 549 g/mol. The van der Waals surface area contributed by atoms with Crippen LogP contribution in [-0.4, -0.2) is 33.2 Å². The highest BCUT2D eigenvalue weighted by Gasteiger charge is 2.45. The highest BCUT2D eigenvalue weighted by atomic mass is 16.6. The minimum Gasteiger partial charge on any atom is -0.507 e. The SMILES string of the molecule is CCCCCCCCCCCCCCCCN1C(=O)C(=O)C(=C(O)c2ccc([N+](=O)[O-])cc2)[C@H]1c1ccccc1. The number of hydrogen-bond acceptors (Lipinski definition) is 5. The monoisotopic (exact) mass is 548 g/mol. The molecule has 1 N–H and O–H groups in total. The molecule has 1 fully saturated rings. The number of ketones is 1. The lowest BCUT2D eigenvalue weighted by Crippen LogP contribution is -2.30. The van der Waals surface area contributed by atoms with Gasteiger partial charge in [0.1, 0.15) is 5.76 Å². The van der Waals surface area contributed by atoms with Gasteiger partial charge in [-0.25, -0.2) is 0 Å². The Kier molecular flexibility index (Phi) is 12.9. The molecule has 7 heteroatoms. The van der Waals surface area contributed by atoms with Gasteiger partial charge in [0.2, 0.25) is 0 Å². The van der Waals surface area contributed by atoms with Crippen LogP contribution in [0.15, 0.2) is 60.2 Å². The van der Waals surface area contributed by atoms with Crippen LogP contribution in [-0.2, 0) is 9.59 Å². The van der Waals surface area contributed by atoms with Crippen molar-refractivity contribution in [2.24, 2.45) is 0 Å². The molecule has 1 saturated heterocycles. The van der Waals surface area contributed by atoms with Gasteiger partial charge in [0.25, 0.3) is 17.4 Å². The number of amides is 1. The number of nitro benzene ring substituents is 1. The summed E-state index contributed by atoms with van der Waals surface area (Å²) < 4.78 is 0. The van der Waals surface area contributed by atoms with Gasteiger partial charge < -0.3 is 10.0 Å². The molecule has 1 heterocycles. The Labute approximate surface area is 238 Å². The molecule has 0 radical (unpaired) electrons. The summed E-state index contributed by atoms with van der Waals surface area (Å²) in [7, 11) is 0. The van der Waals surface area contributed by atoms with Crippen LogP contribution in [0.5, 0.6) is 0 Å². The van der Waals surface area contributed by atoms with E-state index in [9.17, 15) is 24.8 Å². The summed E-state index contributed by atoms with van der Waals surface area (Å²) in [6.07, 6.45) is 17.3. The fraction of sp³-hybridized carbons (Fsp3) is 0.515. The quantitative estimate of drug-likeness (QED) is 0.0502. The highest BCUT2D eigenvalue weighted by Crippen LogP contribution is 2.39. The molecule has 0 bridgehead atoms. The van der Waals surface area contributed by atoms with Crippen molar-refractivity contribution in [3.63, 3.8) is 0 Å². The van der Waals surface area contributed by atoms with Crippen LogP contribution in [0.25, 0.3) is 5.76 Å². The zero-order valence-corrected chi connectivity index (χ0v) is 23.9. The van der Waals surface area contributed by atoms with Crippen molar-refractivity contribution < 1.29 is 19.6 Å². The molecule has 1 aliphatic heterocycles. The van der Waals surface area contributed by atoms with E-state index in [4.69, 9.17) is 0 Å². The Hall–Kier alpha value is -3.48. The lowest BCUT2D eigenvalue weighted by atomic mass is 9.95. The van der Waals surface area contributed by atoms with Gasteiger partial charge in [-0.15, -0.1) is 0 Å². The first-order valence-corrected chi connectivity index (χ1v) is 15.0. The standard InChI is InChI=1S/C33H44N2O5/c1-2-3-4-5-6-7-8-9-10-11-12-13-14-18-25-34-30(26-19-16-15-17-20-26)29(32(37)33(34)38)31(36)27-21-23-28(24-22-27)35(39)40/h15-17,19-24,30,36H,2-14,18,25H2,1H3/t30-/m1/s1. The van der Waals surface area contributed by atoms with Gasteiger partial charge in [0.15, 0.2) is 0 Å². The molecule has 3 rings (SSSR count). The summed E-state index contributed by atoms with van der Waals surface area (Å²) in [5.41, 5.74) is 0.918. The van der Waals surface area contributed by atoms with E-state index in [-0.39, 0.29) is 22.6 Å². The van der Waals surface area contributed by atoms with Crippen LogP contribution < -0.4 is 0 Å². The van der Waals surface area contributed by atoms with E-state index in [1.54, 1.807) is 4.90 Å². The van der Waals surface area contributed by atoms with Crippen molar-refractivity contribution in [1.29, 1.82) is 0 Å². The number of likely N-dealkylation sites (tertiary alicyclic amines) is 1. The number of carbonyl (C=O) groups excluding carboxylic acids is 2. The number of non-ortho nitro benzene ring substituents is 1. The Balaban J connectivity index is 1.53. The maximum Gasteiger partial charge on any atom is 0.295 e. The molecular formula is C33H44N2O5. The molecule has 40 heavy (non-hydrogen) atoms. The fourth-order valence-electron chi connectivity index (χ4n) is 5.47. The van der Waals surface area contributed by atoms with Crippen LogP contribution in [0.1, 0.15) is 114 Å². The second-order valence-electron chi connectivity index (χ2n) is 10.8. The first-order valence-electron chi connectivity index (χ1n) is 15.0. The molecule has 0 aromatic heterocycles. The van der Waals surface area contributed by atoms with Crippen LogP contribution in [0, 0.1) is 10.1 Å². The molecule has 2 aromatic carbocycles. The van der Waals surface area contributed by atoms with Gasteiger partial charge in [0, 0.05) is 24.2 Å². The molecule has 1 atom stereocenters. The predicted octanol–water partition coefficient (Wildman–Crippen LogP) is 8.50. The largest absolute Gasteiger partial charge is 0.507 e. The summed E-state index contributed by atoms with van der Waals surface area (Å²) in [5.74, 6) is -1.66. The van der Waals surface area contributed by atoms with E-state index >= 15 is 0 Å². The van der Waals surface area contributed by atoms with Crippen LogP contribution in [0.4, 0.5) is 5.69 Å². The lowest BCUT2D eigenvalue weighted by Gasteiger charge is -2.25. The maximum atomic E-state index is 13.1. The van der Waals surface area contributed by atoms with E-state index in [2.05, 4.69) is 6.92 Å². The lowest BCUT2D eigenvalue weighted by molar-refractivity contribution is -0.384. The minimum absolute atomic E-state index is 0.0235. The van der Waals surface area contributed by atoms with Crippen molar-refractivity contribution in [1.82, 2.24) is 4.90 Å². The van der Waals surface area contributed by atoms with Crippen LogP contribution in [0.3, 0.4) is 0 Å². The smallest absolute Gasteiger partial charge is 0.295 e. The second-order valence-corrected chi connectivity index (χ2v) is 10.8. The summed E-state index contributed by atoms with van der Waals surface area (Å²) in [6, 6.07) is 13.9. The van der Waals surface area contributed by atoms with Crippen LogP contribution in [0.2, 0.25) is 0 Å². The van der Waals surface area contributed by atoms with E-state index in [0.29, 0.717) is 6.54 Å². The highest BCUT2D eigenvalue weighted by molar-refractivity contribution is 6.46. The van der Waals surface area contributed by atoms with Gasteiger partial charge in [0.05, 0.1) is 16.5 Å². The zero-order chi connectivity index (χ0) is 28.7. The van der Waals surface area contributed by atoms with Crippen LogP contribution >= 0.6 is 0 Å². The van der Waals surface area contributed by atoms with Crippen molar-refractivity contribution in [3.05, 3.63) is 81.4 Å². The second kappa shape index (κ2) is 16.6. The van der Waals surface area contributed by atoms with Gasteiger partial charge in [-0.1, -0.05) is 121 Å². The van der Waals surface area contributed by atoms with Gasteiger partial charge >= 0.3 is 0 Å². The van der Waals surface area contributed by atoms with Crippen molar-refractivity contribution >= 4 is 23.1 Å². The van der Waals surface area contributed by atoms with Crippen molar-refractivity contribution in [3.8, 4) is 0 Å².